The lowest BCUT2D eigenvalue weighted by molar-refractivity contribution is -0.139. The summed E-state index contributed by atoms with van der Waals surface area (Å²) in [6, 6.07) is 24.5. The van der Waals surface area contributed by atoms with Crippen LogP contribution in [0.25, 0.3) is 16.8 Å². The van der Waals surface area contributed by atoms with Crippen molar-refractivity contribution in [3.63, 3.8) is 0 Å². The van der Waals surface area contributed by atoms with Crippen molar-refractivity contribution in [2.24, 2.45) is 4.99 Å². The fraction of sp³-hybridized carbons (Fsp3) is 0.237. The van der Waals surface area contributed by atoms with Crippen molar-refractivity contribution >= 4 is 34.2 Å². The summed E-state index contributed by atoms with van der Waals surface area (Å²) in [4.78, 5) is 32.6. The number of ether oxygens (including phenoxy) is 5. The van der Waals surface area contributed by atoms with Crippen molar-refractivity contribution in [2.75, 3.05) is 27.4 Å². The van der Waals surface area contributed by atoms with Crippen LogP contribution < -0.4 is 33.8 Å². The summed E-state index contributed by atoms with van der Waals surface area (Å²) in [5.41, 5.74) is 2.96. The third-order valence-corrected chi connectivity index (χ3v) is 9.05. The summed E-state index contributed by atoms with van der Waals surface area (Å²) < 4.78 is 30.6. The fourth-order valence-electron chi connectivity index (χ4n) is 5.86. The first kappa shape index (κ1) is 32.6. The molecule has 2 heterocycles. The number of methoxy groups -OCH3 is 2. The zero-order valence-corrected chi connectivity index (χ0v) is 28.3. The van der Waals surface area contributed by atoms with Gasteiger partial charge in [0.05, 0.1) is 49.3 Å². The Morgan fingerprint density at radius 2 is 1.65 bits per heavy atom. The molecule has 0 spiro atoms. The lowest BCUT2D eigenvalue weighted by atomic mass is 9.95. The van der Waals surface area contributed by atoms with Gasteiger partial charge in [0.1, 0.15) is 6.61 Å². The van der Waals surface area contributed by atoms with Crippen LogP contribution in [0, 0.1) is 0 Å². The highest BCUT2D eigenvalue weighted by Gasteiger charge is 2.34. The molecule has 4 aromatic carbocycles. The van der Waals surface area contributed by atoms with E-state index in [2.05, 4.69) is 29.3 Å². The number of carbonyl (C=O) groups is 1. The van der Waals surface area contributed by atoms with Gasteiger partial charge >= 0.3 is 5.97 Å². The van der Waals surface area contributed by atoms with Crippen LogP contribution in [-0.2, 0) is 16.1 Å². The summed E-state index contributed by atoms with van der Waals surface area (Å²) in [6.07, 6.45) is 1.79. The Hall–Kier alpha value is -5.35. The molecule has 0 unspecified atom stereocenters. The first-order valence-corrected chi connectivity index (χ1v) is 16.5. The van der Waals surface area contributed by atoms with E-state index >= 15 is 0 Å². The second kappa shape index (κ2) is 14.2. The minimum Gasteiger partial charge on any atom is -0.493 e. The van der Waals surface area contributed by atoms with Gasteiger partial charge in [-0.2, -0.15) is 0 Å². The Balaban J connectivity index is 1.39. The number of hydrogen-bond acceptors (Lipinski definition) is 9. The van der Waals surface area contributed by atoms with Crippen LogP contribution in [0.3, 0.4) is 0 Å². The Morgan fingerprint density at radius 3 is 2.42 bits per heavy atom. The van der Waals surface area contributed by atoms with Gasteiger partial charge in [0.15, 0.2) is 27.8 Å². The molecular weight excluding hydrogens is 628 g/mol. The standard InChI is InChI=1S/C38H36N2O7S/c1-6-45-32-21-26(16-18-29(32)43-4)35-34(37(42)46-7-2)23(3)39-38-40(35)36(41)33(48-38)20-24-15-17-30(31(19-24)44-5)47-22-27-13-10-12-25-11-8-9-14-28(25)27/h8-21,35H,6-7,22H2,1-5H3/b33-20-/t35-/m0/s1. The summed E-state index contributed by atoms with van der Waals surface area (Å²) in [6.45, 7) is 6.34. The predicted molar refractivity (Wildman–Crippen MR) is 186 cm³/mol. The fourth-order valence-corrected chi connectivity index (χ4v) is 6.90. The van der Waals surface area contributed by atoms with E-state index in [1.54, 1.807) is 50.8 Å². The molecule has 0 N–H and O–H groups in total. The molecule has 9 nitrogen and oxygen atoms in total. The van der Waals surface area contributed by atoms with Gasteiger partial charge in [0, 0.05) is 0 Å². The monoisotopic (exact) mass is 664 g/mol. The van der Waals surface area contributed by atoms with Crippen LogP contribution >= 0.6 is 11.3 Å². The zero-order valence-electron chi connectivity index (χ0n) is 27.4. The second-order valence-corrected chi connectivity index (χ2v) is 12.0. The molecule has 6 rings (SSSR count). The summed E-state index contributed by atoms with van der Waals surface area (Å²) in [5.74, 6) is 1.65. The quantitative estimate of drug-likeness (QED) is 0.161. The average Bonchev–Trinajstić information content (AvgIpc) is 3.40. The molecule has 48 heavy (non-hydrogen) atoms. The van der Waals surface area contributed by atoms with E-state index in [4.69, 9.17) is 23.7 Å². The van der Waals surface area contributed by atoms with E-state index in [9.17, 15) is 9.59 Å². The van der Waals surface area contributed by atoms with Gasteiger partial charge < -0.3 is 23.7 Å². The Bertz CT molecular complexity index is 2210. The second-order valence-electron chi connectivity index (χ2n) is 11.0. The lowest BCUT2D eigenvalue weighted by Gasteiger charge is -2.25. The third kappa shape index (κ3) is 6.31. The highest BCUT2D eigenvalue weighted by molar-refractivity contribution is 7.07. The Kier molecular flexibility index (Phi) is 9.63. The number of esters is 1. The maximum atomic E-state index is 14.2. The molecule has 0 saturated carbocycles. The number of aromatic nitrogens is 1. The van der Waals surface area contributed by atoms with Gasteiger partial charge in [-0.3, -0.25) is 9.36 Å². The molecule has 246 valence electrons. The van der Waals surface area contributed by atoms with Gasteiger partial charge in [-0.15, -0.1) is 0 Å². The Labute approximate surface area is 281 Å². The van der Waals surface area contributed by atoms with Gasteiger partial charge in [0.25, 0.3) is 5.56 Å². The normalized spacial score (nSPS) is 14.4. The number of allylic oxidation sites excluding steroid dienone is 1. The van der Waals surface area contributed by atoms with Gasteiger partial charge in [-0.05, 0) is 78.6 Å². The van der Waals surface area contributed by atoms with E-state index < -0.39 is 12.0 Å². The molecule has 0 fully saturated rings. The van der Waals surface area contributed by atoms with Crippen molar-refractivity contribution in [1.29, 1.82) is 0 Å². The zero-order chi connectivity index (χ0) is 33.8. The predicted octanol–water partition coefficient (Wildman–Crippen LogP) is 5.95. The molecule has 0 saturated heterocycles. The minimum absolute atomic E-state index is 0.184. The van der Waals surface area contributed by atoms with Crippen LogP contribution in [0.2, 0.25) is 0 Å². The number of nitrogens with zero attached hydrogens (tertiary/aromatic N) is 2. The molecule has 10 heteroatoms. The number of fused-ring (bicyclic) bond motifs is 2. The van der Waals surface area contributed by atoms with Gasteiger partial charge in [-0.1, -0.05) is 65.9 Å². The smallest absolute Gasteiger partial charge is 0.338 e. The average molecular weight is 665 g/mol. The number of thiazole rings is 1. The molecule has 0 amide bonds. The maximum absolute atomic E-state index is 14.2. The lowest BCUT2D eigenvalue weighted by Crippen LogP contribution is -2.40. The molecule has 0 bridgehead atoms. The van der Waals surface area contributed by atoms with Crippen molar-refractivity contribution in [3.05, 3.63) is 127 Å². The molecular formula is C38H36N2O7S. The van der Waals surface area contributed by atoms with E-state index in [-0.39, 0.29) is 17.7 Å². The molecule has 5 aromatic rings. The van der Waals surface area contributed by atoms with Gasteiger partial charge in [-0.25, -0.2) is 9.79 Å². The van der Waals surface area contributed by atoms with Crippen molar-refractivity contribution < 1.29 is 28.5 Å². The van der Waals surface area contributed by atoms with Crippen molar-refractivity contribution in [3.8, 4) is 23.0 Å². The molecule has 0 radical (unpaired) electrons. The Morgan fingerprint density at radius 1 is 0.875 bits per heavy atom. The molecule has 1 aromatic heterocycles. The van der Waals surface area contributed by atoms with Crippen LogP contribution in [0.5, 0.6) is 23.0 Å². The molecule has 1 aliphatic heterocycles. The maximum Gasteiger partial charge on any atom is 0.338 e. The van der Waals surface area contributed by atoms with Crippen LogP contribution in [-0.4, -0.2) is 38.0 Å². The van der Waals surface area contributed by atoms with Crippen LogP contribution in [0.4, 0.5) is 0 Å². The first-order valence-electron chi connectivity index (χ1n) is 15.6. The minimum atomic E-state index is -0.785. The third-order valence-electron chi connectivity index (χ3n) is 8.07. The van der Waals surface area contributed by atoms with Crippen molar-refractivity contribution in [2.45, 2.75) is 33.4 Å². The van der Waals surface area contributed by atoms with Gasteiger partial charge in [0.2, 0.25) is 0 Å². The largest absolute Gasteiger partial charge is 0.493 e. The van der Waals surface area contributed by atoms with Crippen LogP contribution in [0.15, 0.2) is 99.9 Å². The number of hydrogen-bond donors (Lipinski definition) is 0. The van der Waals surface area contributed by atoms with E-state index in [0.717, 1.165) is 21.9 Å². The first-order chi connectivity index (χ1) is 23.4. The van der Waals surface area contributed by atoms with E-state index in [1.165, 1.54) is 11.3 Å². The summed E-state index contributed by atoms with van der Waals surface area (Å²) in [7, 11) is 3.15. The molecule has 1 atom stereocenters. The molecule has 0 aliphatic carbocycles. The molecule has 1 aliphatic rings. The van der Waals surface area contributed by atoms with E-state index in [0.29, 0.717) is 56.8 Å². The number of rotatable bonds is 11. The highest BCUT2D eigenvalue weighted by Crippen LogP contribution is 2.36. The SMILES string of the molecule is CCOC(=O)C1=C(C)N=c2s/c(=C\c3ccc(OCc4cccc5ccccc45)c(OC)c3)c(=O)n2[C@H]1c1ccc(OC)c(OCC)c1. The number of benzene rings is 4. The number of carbonyl (C=O) groups excluding carboxylic acids is 1. The van der Waals surface area contributed by atoms with E-state index in [1.807, 2.05) is 49.4 Å². The van der Waals surface area contributed by atoms with Crippen LogP contribution in [0.1, 0.15) is 43.5 Å². The summed E-state index contributed by atoms with van der Waals surface area (Å²) >= 11 is 1.25. The highest BCUT2D eigenvalue weighted by atomic mass is 32.1. The summed E-state index contributed by atoms with van der Waals surface area (Å²) in [5, 5.41) is 2.28. The van der Waals surface area contributed by atoms with Crippen molar-refractivity contribution in [1.82, 2.24) is 4.57 Å². The topological polar surface area (TPSA) is 97.6 Å².